The summed E-state index contributed by atoms with van der Waals surface area (Å²) in [6.07, 6.45) is 58.4. The summed E-state index contributed by atoms with van der Waals surface area (Å²) >= 11 is 0. The summed E-state index contributed by atoms with van der Waals surface area (Å²) in [4.78, 5) is 12.6. The summed E-state index contributed by atoms with van der Waals surface area (Å²) in [5, 5.41) is 44.0. The minimum atomic E-state index is -1.26. The lowest BCUT2D eigenvalue weighted by Crippen LogP contribution is -2.53. The molecule has 0 spiro atoms. The van der Waals surface area contributed by atoms with E-state index in [2.05, 4.69) is 31.3 Å². The predicted octanol–water partition coefficient (Wildman–Crippen LogP) is 15.7. The Hall–Kier alpha value is -0.950. The monoisotopic (exact) mass is 864 g/mol. The molecular weight excluding hydrogens is 755 g/mol. The highest BCUT2D eigenvalue weighted by atomic mass is 16.3. The molecule has 0 aromatic carbocycles. The van der Waals surface area contributed by atoms with Crippen LogP contribution in [-0.4, -0.2) is 57.3 Å². The van der Waals surface area contributed by atoms with E-state index in [0.29, 0.717) is 12.8 Å². The third-order valence-corrected chi connectivity index (χ3v) is 13.2. The van der Waals surface area contributed by atoms with Crippen LogP contribution < -0.4 is 5.32 Å². The fourth-order valence-electron chi connectivity index (χ4n) is 8.87. The van der Waals surface area contributed by atoms with Gasteiger partial charge in [0.1, 0.15) is 12.2 Å². The summed E-state index contributed by atoms with van der Waals surface area (Å²) in [7, 11) is 0. The SMILES string of the molecule is CCCCCCCCCCCCCC/C=C\CCCCCCCCCC(O)C(=O)NC(CO)C(O)C(O)CCCCCCCCCCCCCCCCCCCCCCCC. The van der Waals surface area contributed by atoms with Crippen LogP contribution in [0.5, 0.6) is 0 Å². The van der Waals surface area contributed by atoms with Crippen molar-refractivity contribution in [2.75, 3.05) is 6.61 Å². The van der Waals surface area contributed by atoms with Crippen molar-refractivity contribution < 1.29 is 25.2 Å². The number of unbranched alkanes of at least 4 members (excludes halogenated alkanes) is 40. The van der Waals surface area contributed by atoms with Gasteiger partial charge in [-0.3, -0.25) is 4.79 Å². The first-order chi connectivity index (χ1) is 30.0. The van der Waals surface area contributed by atoms with Crippen molar-refractivity contribution in [3.63, 3.8) is 0 Å². The van der Waals surface area contributed by atoms with Crippen molar-refractivity contribution in [1.82, 2.24) is 5.32 Å². The average Bonchev–Trinajstić information content (AvgIpc) is 3.26. The van der Waals surface area contributed by atoms with Crippen LogP contribution in [0.2, 0.25) is 0 Å². The van der Waals surface area contributed by atoms with E-state index in [9.17, 15) is 25.2 Å². The van der Waals surface area contributed by atoms with Crippen molar-refractivity contribution in [2.24, 2.45) is 0 Å². The maximum atomic E-state index is 12.6. The Labute approximate surface area is 381 Å². The molecule has 0 aromatic heterocycles. The van der Waals surface area contributed by atoms with E-state index >= 15 is 0 Å². The van der Waals surface area contributed by atoms with Crippen LogP contribution in [0.25, 0.3) is 0 Å². The molecule has 6 heteroatoms. The predicted molar refractivity (Wildman–Crippen MR) is 265 cm³/mol. The highest BCUT2D eigenvalue weighted by Gasteiger charge is 2.28. The van der Waals surface area contributed by atoms with Gasteiger partial charge < -0.3 is 25.7 Å². The lowest BCUT2D eigenvalue weighted by atomic mass is 9.99. The summed E-state index contributed by atoms with van der Waals surface area (Å²) in [5.41, 5.74) is 0. The van der Waals surface area contributed by atoms with Gasteiger partial charge in [0.15, 0.2) is 0 Å². The van der Waals surface area contributed by atoms with E-state index in [1.54, 1.807) is 0 Å². The van der Waals surface area contributed by atoms with Gasteiger partial charge in [0, 0.05) is 0 Å². The Bertz CT molecular complexity index is 882. The third-order valence-electron chi connectivity index (χ3n) is 13.2. The molecule has 364 valence electrons. The van der Waals surface area contributed by atoms with Gasteiger partial charge in [0.25, 0.3) is 0 Å². The second-order valence-electron chi connectivity index (χ2n) is 19.3. The number of hydrogen-bond acceptors (Lipinski definition) is 5. The molecule has 0 bridgehead atoms. The second kappa shape index (κ2) is 50.1. The van der Waals surface area contributed by atoms with Crippen molar-refractivity contribution in [1.29, 1.82) is 0 Å². The molecule has 0 heterocycles. The van der Waals surface area contributed by atoms with Gasteiger partial charge in [0.05, 0.1) is 18.8 Å². The van der Waals surface area contributed by atoms with E-state index in [1.807, 2.05) is 0 Å². The van der Waals surface area contributed by atoms with Crippen LogP contribution in [-0.2, 0) is 4.79 Å². The fraction of sp³-hybridized carbons (Fsp3) is 0.945. The Balaban J connectivity index is 3.63. The molecule has 6 nitrogen and oxygen atoms in total. The first-order valence-corrected chi connectivity index (χ1v) is 27.6. The van der Waals surface area contributed by atoms with Crippen LogP contribution >= 0.6 is 0 Å². The van der Waals surface area contributed by atoms with Gasteiger partial charge in [-0.05, 0) is 38.5 Å². The normalized spacial score (nSPS) is 13.9. The number of carbonyl (C=O) groups excluding carboxylic acids is 1. The molecule has 4 atom stereocenters. The van der Waals surface area contributed by atoms with Gasteiger partial charge >= 0.3 is 0 Å². The molecule has 0 aromatic rings. The molecule has 4 unspecified atom stereocenters. The molecule has 0 radical (unpaired) electrons. The number of amides is 1. The van der Waals surface area contributed by atoms with Crippen LogP contribution in [0.4, 0.5) is 0 Å². The average molecular weight is 864 g/mol. The van der Waals surface area contributed by atoms with Crippen LogP contribution in [0, 0.1) is 0 Å². The van der Waals surface area contributed by atoms with Crippen LogP contribution in [0.3, 0.4) is 0 Å². The minimum absolute atomic E-state index is 0.367. The minimum Gasteiger partial charge on any atom is -0.394 e. The molecule has 61 heavy (non-hydrogen) atoms. The highest BCUT2D eigenvalue weighted by Crippen LogP contribution is 2.18. The zero-order chi connectivity index (χ0) is 44.5. The Kier molecular flexibility index (Phi) is 49.3. The Morgan fingerprint density at radius 2 is 0.656 bits per heavy atom. The topological polar surface area (TPSA) is 110 Å². The molecule has 0 aliphatic heterocycles. The fourth-order valence-corrected chi connectivity index (χ4v) is 8.87. The molecule has 0 saturated heterocycles. The maximum absolute atomic E-state index is 12.6. The number of allylic oxidation sites excluding steroid dienone is 2. The first-order valence-electron chi connectivity index (χ1n) is 27.6. The van der Waals surface area contributed by atoms with E-state index in [-0.39, 0.29) is 0 Å². The van der Waals surface area contributed by atoms with Gasteiger partial charge in [-0.25, -0.2) is 0 Å². The molecule has 0 aliphatic carbocycles. The molecular formula is C55H109NO5. The smallest absolute Gasteiger partial charge is 0.249 e. The standard InChI is InChI=1S/C55H109NO5/c1-3-5-7-9-11-13-15-17-19-21-23-25-27-29-31-33-35-37-39-41-43-45-47-49-53(59)55(61)56-51(50-57)54(60)52(58)48-46-44-42-40-38-36-34-32-30-28-26-24-22-20-18-16-14-12-10-8-6-4-2/h29,31,51-54,57-60H,3-28,30,32-50H2,1-2H3,(H,56,61)/b31-29-. The first kappa shape index (κ1) is 60.1. The van der Waals surface area contributed by atoms with E-state index in [0.717, 1.165) is 38.5 Å². The summed E-state index contributed by atoms with van der Waals surface area (Å²) in [6.45, 7) is 4.09. The zero-order valence-corrected chi connectivity index (χ0v) is 41.2. The van der Waals surface area contributed by atoms with Gasteiger partial charge in [-0.15, -0.1) is 0 Å². The van der Waals surface area contributed by atoms with Crippen molar-refractivity contribution in [2.45, 2.75) is 327 Å². The van der Waals surface area contributed by atoms with Gasteiger partial charge in [0.2, 0.25) is 5.91 Å². The number of rotatable bonds is 51. The van der Waals surface area contributed by atoms with E-state index in [1.165, 1.54) is 238 Å². The largest absolute Gasteiger partial charge is 0.394 e. The zero-order valence-electron chi connectivity index (χ0n) is 41.2. The van der Waals surface area contributed by atoms with Gasteiger partial charge in [-0.1, -0.05) is 276 Å². The summed E-state index contributed by atoms with van der Waals surface area (Å²) in [6, 6.07) is -0.985. The van der Waals surface area contributed by atoms with Crippen LogP contribution in [0.15, 0.2) is 12.2 Å². The molecule has 1 amide bonds. The Morgan fingerprint density at radius 3 is 0.951 bits per heavy atom. The van der Waals surface area contributed by atoms with Crippen molar-refractivity contribution in [3.05, 3.63) is 12.2 Å². The van der Waals surface area contributed by atoms with E-state index < -0.39 is 36.9 Å². The number of carbonyl (C=O) groups is 1. The number of nitrogens with one attached hydrogen (secondary N) is 1. The number of hydrogen-bond donors (Lipinski definition) is 5. The lowest BCUT2D eigenvalue weighted by molar-refractivity contribution is -0.132. The van der Waals surface area contributed by atoms with Crippen molar-refractivity contribution >= 4 is 5.91 Å². The molecule has 0 fully saturated rings. The highest BCUT2D eigenvalue weighted by molar-refractivity contribution is 5.80. The quantitative estimate of drug-likeness (QED) is 0.0309. The summed E-state index contributed by atoms with van der Waals surface area (Å²) < 4.78 is 0. The van der Waals surface area contributed by atoms with Crippen LogP contribution in [0.1, 0.15) is 303 Å². The Morgan fingerprint density at radius 1 is 0.393 bits per heavy atom. The summed E-state index contributed by atoms with van der Waals surface area (Å²) in [5.74, 6) is -0.582. The number of aliphatic hydroxyl groups excluding tert-OH is 4. The molecule has 0 saturated carbocycles. The molecule has 0 aliphatic rings. The van der Waals surface area contributed by atoms with E-state index in [4.69, 9.17) is 0 Å². The van der Waals surface area contributed by atoms with Gasteiger partial charge in [-0.2, -0.15) is 0 Å². The maximum Gasteiger partial charge on any atom is 0.249 e. The molecule has 5 N–H and O–H groups in total. The van der Waals surface area contributed by atoms with Crippen molar-refractivity contribution in [3.8, 4) is 0 Å². The second-order valence-corrected chi connectivity index (χ2v) is 19.3. The molecule has 0 rings (SSSR count). The lowest BCUT2D eigenvalue weighted by Gasteiger charge is -2.27. The third kappa shape index (κ3) is 44.1. The number of aliphatic hydroxyl groups is 4.